The summed E-state index contributed by atoms with van der Waals surface area (Å²) >= 11 is 0. The summed E-state index contributed by atoms with van der Waals surface area (Å²) in [5.74, 6) is 0.717. The summed E-state index contributed by atoms with van der Waals surface area (Å²) in [4.78, 5) is 27.6. The molecule has 0 aliphatic carbocycles. The number of carbonyl (C=O) groups excluding carboxylic acids is 1. The monoisotopic (exact) mass is 420 g/mol. The molecular weight excluding hydrogens is 392 g/mol. The number of carbonyl (C=O) groups is 1. The third-order valence-corrected chi connectivity index (χ3v) is 5.94. The number of benzene rings is 2. The van der Waals surface area contributed by atoms with Crippen LogP contribution < -0.4 is 15.6 Å². The molecule has 1 fully saturated rings. The standard InChI is InChI=1S/C24H28N4O3/c1-27-24(30)20-8-4-3-7-19(20)21(26-27)15-23(29)25-16-22(28-13-5-6-14-28)17-9-11-18(31-2)12-10-17/h3-4,7-12,22H,5-6,13-16H2,1-2H3,(H,25,29)/t22-/m0/s1. The first-order chi connectivity index (χ1) is 15.1. The van der Waals surface area contributed by atoms with E-state index in [2.05, 4.69) is 27.4 Å². The highest BCUT2D eigenvalue weighted by molar-refractivity contribution is 5.88. The van der Waals surface area contributed by atoms with E-state index in [1.807, 2.05) is 30.3 Å². The fourth-order valence-electron chi connectivity index (χ4n) is 4.27. The molecule has 0 radical (unpaired) electrons. The third-order valence-electron chi connectivity index (χ3n) is 5.94. The molecule has 7 nitrogen and oxygen atoms in total. The number of methoxy groups -OCH3 is 1. The number of hydrogen-bond acceptors (Lipinski definition) is 5. The first kappa shape index (κ1) is 21.1. The van der Waals surface area contributed by atoms with Crippen LogP contribution in [0, 0.1) is 0 Å². The van der Waals surface area contributed by atoms with Gasteiger partial charge in [0.2, 0.25) is 5.91 Å². The van der Waals surface area contributed by atoms with Crippen LogP contribution >= 0.6 is 0 Å². The molecule has 1 amide bonds. The maximum absolute atomic E-state index is 12.8. The van der Waals surface area contributed by atoms with Crippen molar-refractivity contribution in [1.82, 2.24) is 20.0 Å². The normalized spacial score (nSPS) is 15.2. The summed E-state index contributed by atoms with van der Waals surface area (Å²) < 4.78 is 6.58. The second-order valence-corrected chi connectivity index (χ2v) is 7.93. The van der Waals surface area contributed by atoms with Crippen molar-refractivity contribution in [3.05, 3.63) is 70.1 Å². The highest BCUT2D eigenvalue weighted by atomic mass is 16.5. The van der Waals surface area contributed by atoms with E-state index in [1.54, 1.807) is 20.2 Å². The first-order valence-electron chi connectivity index (χ1n) is 10.7. The smallest absolute Gasteiger partial charge is 0.274 e. The summed E-state index contributed by atoms with van der Waals surface area (Å²) in [6.07, 6.45) is 2.48. The Labute approximate surface area is 181 Å². The van der Waals surface area contributed by atoms with Crippen molar-refractivity contribution < 1.29 is 9.53 Å². The summed E-state index contributed by atoms with van der Waals surface area (Å²) in [7, 11) is 3.27. The van der Waals surface area contributed by atoms with Crippen LogP contribution in [-0.2, 0) is 18.3 Å². The maximum atomic E-state index is 12.8. The molecule has 1 saturated heterocycles. The van der Waals surface area contributed by atoms with Gasteiger partial charge in [0.15, 0.2) is 0 Å². The number of ether oxygens (including phenoxy) is 1. The van der Waals surface area contributed by atoms with Gasteiger partial charge in [0.25, 0.3) is 5.56 Å². The van der Waals surface area contributed by atoms with Crippen molar-refractivity contribution in [3.8, 4) is 5.75 Å². The predicted octanol–water partition coefficient (Wildman–Crippen LogP) is 2.44. The van der Waals surface area contributed by atoms with Gasteiger partial charge in [-0.25, -0.2) is 4.68 Å². The van der Waals surface area contributed by atoms with Gasteiger partial charge in [0.05, 0.1) is 30.7 Å². The minimum absolute atomic E-state index is 0.103. The van der Waals surface area contributed by atoms with Crippen LogP contribution in [0.15, 0.2) is 53.3 Å². The Morgan fingerprint density at radius 1 is 1.10 bits per heavy atom. The van der Waals surface area contributed by atoms with E-state index in [4.69, 9.17) is 4.74 Å². The molecular formula is C24H28N4O3. The van der Waals surface area contributed by atoms with E-state index in [1.165, 1.54) is 17.5 Å². The second kappa shape index (κ2) is 9.31. The zero-order valence-corrected chi connectivity index (χ0v) is 18.0. The zero-order chi connectivity index (χ0) is 21.8. The number of nitrogens with one attached hydrogen (secondary N) is 1. The van der Waals surface area contributed by atoms with Crippen LogP contribution in [-0.4, -0.2) is 47.3 Å². The summed E-state index contributed by atoms with van der Waals surface area (Å²) in [6, 6.07) is 15.5. The summed E-state index contributed by atoms with van der Waals surface area (Å²) in [6.45, 7) is 2.58. The molecule has 2 aromatic carbocycles. The van der Waals surface area contributed by atoms with E-state index in [0.29, 0.717) is 17.6 Å². The zero-order valence-electron chi connectivity index (χ0n) is 18.0. The van der Waals surface area contributed by atoms with Gasteiger partial charge < -0.3 is 10.1 Å². The van der Waals surface area contributed by atoms with Gasteiger partial charge in [0, 0.05) is 19.0 Å². The Bertz CT molecular complexity index is 1120. The van der Waals surface area contributed by atoms with Crippen molar-refractivity contribution in [2.45, 2.75) is 25.3 Å². The minimum Gasteiger partial charge on any atom is -0.497 e. The Morgan fingerprint density at radius 3 is 2.45 bits per heavy atom. The van der Waals surface area contributed by atoms with Crippen LogP contribution in [0.25, 0.3) is 10.8 Å². The quantitative estimate of drug-likeness (QED) is 0.635. The molecule has 1 N–H and O–H groups in total. The number of amides is 1. The van der Waals surface area contributed by atoms with Gasteiger partial charge >= 0.3 is 0 Å². The molecule has 0 spiro atoms. The lowest BCUT2D eigenvalue weighted by molar-refractivity contribution is -0.120. The van der Waals surface area contributed by atoms with Gasteiger partial charge in [-0.2, -0.15) is 5.10 Å². The van der Waals surface area contributed by atoms with Crippen molar-refractivity contribution in [2.75, 3.05) is 26.7 Å². The highest BCUT2D eigenvalue weighted by Crippen LogP contribution is 2.26. The lowest BCUT2D eigenvalue weighted by Gasteiger charge is -2.28. The van der Waals surface area contributed by atoms with Gasteiger partial charge in [-0.1, -0.05) is 30.3 Å². The highest BCUT2D eigenvalue weighted by Gasteiger charge is 2.24. The van der Waals surface area contributed by atoms with E-state index in [9.17, 15) is 9.59 Å². The van der Waals surface area contributed by atoms with E-state index in [0.717, 1.165) is 29.8 Å². The molecule has 1 atom stereocenters. The SMILES string of the molecule is COc1ccc([C@H](CNC(=O)Cc2nn(C)c(=O)c3ccccc23)N2CCCC2)cc1. The molecule has 2 heterocycles. The molecule has 7 heteroatoms. The predicted molar refractivity (Wildman–Crippen MR) is 120 cm³/mol. The van der Waals surface area contributed by atoms with Gasteiger partial charge in [0.1, 0.15) is 5.75 Å². The van der Waals surface area contributed by atoms with Crippen molar-refractivity contribution >= 4 is 16.7 Å². The molecule has 1 aromatic heterocycles. The lowest BCUT2D eigenvalue weighted by atomic mass is 10.0. The Kier molecular flexibility index (Phi) is 6.32. The molecule has 1 aliphatic rings. The van der Waals surface area contributed by atoms with Crippen molar-refractivity contribution in [2.24, 2.45) is 7.05 Å². The molecule has 4 rings (SSSR count). The maximum Gasteiger partial charge on any atom is 0.274 e. The second-order valence-electron chi connectivity index (χ2n) is 7.93. The topological polar surface area (TPSA) is 76.5 Å². The van der Waals surface area contributed by atoms with Gasteiger partial charge in [-0.3, -0.25) is 14.5 Å². The van der Waals surface area contributed by atoms with E-state index >= 15 is 0 Å². The number of nitrogens with zero attached hydrogens (tertiary/aromatic N) is 3. The van der Waals surface area contributed by atoms with Crippen molar-refractivity contribution in [1.29, 1.82) is 0 Å². The first-order valence-corrected chi connectivity index (χ1v) is 10.7. The molecule has 0 bridgehead atoms. The van der Waals surface area contributed by atoms with Crippen molar-refractivity contribution in [3.63, 3.8) is 0 Å². The number of rotatable bonds is 7. The molecule has 162 valence electrons. The molecule has 0 unspecified atom stereocenters. The van der Waals surface area contributed by atoms with E-state index in [-0.39, 0.29) is 23.9 Å². The fourth-order valence-corrected chi connectivity index (χ4v) is 4.27. The molecule has 1 aliphatic heterocycles. The molecule has 3 aromatic rings. The van der Waals surface area contributed by atoms with Crippen LogP contribution in [0.1, 0.15) is 30.1 Å². The number of hydrogen-bond donors (Lipinski definition) is 1. The molecule has 0 saturated carbocycles. The number of likely N-dealkylation sites (tertiary alicyclic amines) is 1. The Hall–Kier alpha value is -3.19. The molecule has 31 heavy (non-hydrogen) atoms. The van der Waals surface area contributed by atoms with Crippen LogP contribution in [0.3, 0.4) is 0 Å². The minimum atomic E-state index is -0.159. The number of fused-ring (bicyclic) bond motifs is 1. The van der Waals surface area contributed by atoms with Crippen LogP contribution in [0.5, 0.6) is 5.75 Å². The average molecular weight is 421 g/mol. The summed E-state index contributed by atoms with van der Waals surface area (Å²) in [5.41, 5.74) is 1.61. The Balaban J connectivity index is 1.50. The third kappa shape index (κ3) is 4.61. The summed E-state index contributed by atoms with van der Waals surface area (Å²) in [5, 5.41) is 8.74. The lowest BCUT2D eigenvalue weighted by Crippen LogP contribution is -2.37. The van der Waals surface area contributed by atoms with Gasteiger partial charge in [-0.05, 0) is 49.7 Å². The Morgan fingerprint density at radius 2 is 1.77 bits per heavy atom. The number of aromatic nitrogens is 2. The largest absolute Gasteiger partial charge is 0.497 e. The van der Waals surface area contributed by atoms with Gasteiger partial charge in [-0.15, -0.1) is 0 Å². The average Bonchev–Trinajstić information content (AvgIpc) is 3.32. The van der Waals surface area contributed by atoms with Crippen LogP contribution in [0.2, 0.25) is 0 Å². The van der Waals surface area contributed by atoms with Crippen LogP contribution in [0.4, 0.5) is 0 Å². The fraction of sp³-hybridized carbons (Fsp3) is 0.375. The number of aryl methyl sites for hydroxylation is 1. The van der Waals surface area contributed by atoms with E-state index < -0.39 is 0 Å².